The van der Waals surface area contributed by atoms with Crippen LogP contribution in [0, 0.1) is 11.3 Å². The van der Waals surface area contributed by atoms with Gasteiger partial charge in [-0.05, 0) is 29.2 Å². The van der Waals surface area contributed by atoms with E-state index in [-0.39, 0.29) is 5.91 Å². The Morgan fingerprint density at radius 1 is 1.32 bits per heavy atom. The summed E-state index contributed by atoms with van der Waals surface area (Å²) in [6, 6.07) is 13.7. The number of nitrogens with zero attached hydrogens (tertiary/aromatic N) is 1. The molecule has 1 N–H and O–H groups in total. The number of thioether (sulfide) groups is 1. The van der Waals surface area contributed by atoms with Gasteiger partial charge in [-0.1, -0.05) is 24.3 Å². The molecule has 22 heavy (non-hydrogen) atoms. The molecule has 1 aromatic carbocycles. The second-order valence-electron chi connectivity index (χ2n) is 4.46. The van der Waals surface area contributed by atoms with Crippen LogP contribution in [-0.4, -0.2) is 18.2 Å². The van der Waals surface area contributed by atoms with Gasteiger partial charge in [0.2, 0.25) is 5.91 Å². The molecule has 1 amide bonds. The van der Waals surface area contributed by atoms with Crippen LogP contribution in [0.2, 0.25) is 0 Å². The Bertz CT molecular complexity index is 672. The molecule has 0 aliphatic carbocycles. The molecule has 3 nitrogen and oxygen atoms in total. The molecule has 0 atom stereocenters. The molecule has 5 heteroatoms. The smallest absolute Gasteiger partial charge is 0.244 e. The van der Waals surface area contributed by atoms with E-state index in [0.29, 0.717) is 6.54 Å². The lowest BCUT2D eigenvalue weighted by molar-refractivity contribution is -0.116. The Kier molecular flexibility index (Phi) is 6.75. The van der Waals surface area contributed by atoms with Crippen molar-refractivity contribution in [1.29, 1.82) is 5.26 Å². The van der Waals surface area contributed by atoms with Crippen molar-refractivity contribution < 1.29 is 4.79 Å². The molecule has 1 heterocycles. The molecule has 0 unspecified atom stereocenters. The minimum atomic E-state index is -0.0774. The Morgan fingerprint density at radius 3 is 2.95 bits per heavy atom. The van der Waals surface area contributed by atoms with Crippen LogP contribution in [0.15, 0.2) is 47.9 Å². The summed E-state index contributed by atoms with van der Waals surface area (Å²) in [5.74, 6) is 1.52. The van der Waals surface area contributed by atoms with E-state index in [2.05, 4.69) is 11.4 Å². The predicted molar refractivity (Wildman–Crippen MR) is 93.7 cm³/mol. The van der Waals surface area contributed by atoms with Crippen LogP contribution in [0.5, 0.6) is 0 Å². The van der Waals surface area contributed by atoms with Crippen LogP contribution in [-0.2, 0) is 10.5 Å². The molecule has 1 aromatic heterocycles. The molecule has 0 fully saturated rings. The van der Waals surface area contributed by atoms with E-state index in [9.17, 15) is 4.79 Å². The van der Waals surface area contributed by atoms with Crippen LogP contribution in [0.25, 0.3) is 6.08 Å². The van der Waals surface area contributed by atoms with Gasteiger partial charge in [0.15, 0.2) is 0 Å². The maximum absolute atomic E-state index is 11.6. The summed E-state index contributed by atoms with van der Waals surface area (Å²) in [7, 11) is 0. The fraction of sp³-hybridized carbons (Fsp3) is 0.176. The SMILES string of the molecule is N#Cc1ccccc1CSCCNC(=O)/C=C/c1cccs1. The van der Waals surface area contributed by atoms with Gasteiger partial charge >= 0.3 is 0 Å². The number of hydrogen-bond acceptors (Lipinski definition) is 4. The molecule has 0 bridgehead atoms. The maximum Gasteiger partial charge on any atom is 0.244 e. The number of nitriles is 1. The van der Waals surface area contributed by atoms with E-state index in [1.165, 1.54) is 0 Å². The van der Waals surface area contributed by atoms with Crippen LogP contribution < -0.4 is 5.32 Å². The molecule has 112 valence electrons. The largest absolute Gasteiger partial charge is 0.352 e. The van der Waals surface area contributed by atoms with Gasteiger partial charge in [0, 0.05) is 29.0 Å². The summed E-state index contributed by atoms with van der Waals surface area (Å²) in [5, 5.41) is 13.8. The molecule has 0 saturated heterocycles. The van der Waals surface area contributed by atoms with Crippen molar-refractivity contribution in [2.45, 2.75) is 5.75 Å². The summed E-state index contributed by atoms with van der Waals surface area (Å²) in [6.07, 6.45) is 3.37. The number of amides is 1. The van der Waals surface area contributed by atoms with E-state index in [1.807, 2.05) is 47.9 Å². The average molecular weight is 328 g/mol. The zero-order valence-corrected chi connectivity index (χ0v) is 13.6. The molecular formula is C17H16N2OS2. The van der Waals surface area contributed by atoms with E-state index >= 15 is 0 Å². The fourth-order valence-electron chi connectivity index (χ4n) is 1.79. The van der Waals surface area contributed by atoms with E-state index in [0.717, 1.165) is 27.5 Å². The normalized spacial score (nSPS) is 10.5. The summed E-state index contributed by atoms with van der Waals surface area (Å²) in [5.41, 5.74) is 1.76. The van der Waals surface area contributed by atoms with Crippen molar-refractivity contribution in [3.63, 3.8) is 0 Å². The van der Waals surface area contributed by atoms with Crippen molar-refractivity contribution in [1.82, 2.24) is 5.32 Å². The molecule has 2 rings (SSSR count). The summed E-state index contributed by atoms with van der Waals surface area (Å²) in [6.45, 7) is 0.618. The highest BCUT2D eigenvalue weighted by atomic mass is 32.2. The number of benzene rings is 1. The third kappa shape index (κ3) is 5.40. The highest BCUT2D eigenvalue weighted by Gasteiger charge is 2.01. The monoisotopic (exact) mass is 328 g/mol. The first-order chi connectivity index (χ1) is 10.8. The van der Waals surface area contributed by atoms with E-state index in [4.69, 9.17) is 5.26 Å². The summed E-state index contributed by atoms with van der Waals surface area (Å²) < 4.78 is 0. The van der Waals surface area contributed by atoms with E-state index in [1.54, 1.807) is 29.2 Å². The van der Waals surface area contributed by atoms with Crippen molar-refractivity contribution in [2.75, 3.05) is 12.3 Å². The van der Waals surface area contributed by atoms with Crippen LogP contribution in [0.1, 0.15) is 16.0 Å². The molecular weight excluding hydrogens is 312 g/mol. The fourth-order valence-corrected chi connectivity index (χ4v) is 3.27. The Labute approximate surface area is 138 Å². The van der Waals surface area contributed by atoms with Gasteiger partial charge in [-0.2, -0.15) is 17.0 Å². The standard InChI is InChI=1S/C17H16N2OS2/c18-12-14-4-1-2-5-15(14)13-21-11-9-19-17(20)8-7-16-6-3-10-22-16/h1-8,10H,9,11,13H2,(H,19,20)/b8-7+. The van der Waals surface area contributed by atoms with Gasteiger partial charge in [0.1, 0.15) is 0 Å². The second-order valence-corrected chi connectivity index (χ2v) is 6.55. The van der Waals surface area contributed by atoms with Crippen molar-refractivity contribution >= 4 is 35.1 Å². The van der Waals surface area contributed by atoms with Crippen LogP contribution >= 0.6 is 23.1 Å². The zero-order valence-electron chi connectivity index (χ0n) is 12.0. The number of hydrogen-bond donors (Lipinski definition) is 1. The first kappa shape index (κ1) is 16.3. The minimum absolute atomic E-state index is 0.0774. The van der Waals surface area contributed by atoms with Gasteiger partial charge in [0.25, 0.3) is 0 Å². The second kappa shape index (κ2) is 9.08. The van der Waals surface area contributed by atoms with Gasteiger partial charge in [-0.3, -0.25) is 4.79 Å². The first-order valence-corrected chi connectivity index (χ1v) is 8.88. The molecule has 0 aliphatic heterocycles. The first-order valence-electron chi connectivity index (χ1n) is 6.85. The quantitative estimate of drug-likeness (QED) is 0.623. The van der Waals surface area contributed by atoms with Crippen LogP contribution in [0.3, 0.4) is 0 Å². The van der Waals surface area contributed by atoms with Crippen LogP contribution in [0.4, 0.5) is 0 Å². The lowest BCUT2D eigenvalue weighted by Gasteiger charge is -2.04. The number of thiophene rings is 1. The predicted octanol–water partition coefficient (Wildman–Crippen LogP) is 3.68. The average Bonchev–Trinajstić information content (AvgIpc) is 3.06. The van der Waals surface area contributed by atoms with Gasteiger partial charge in [-0.25, -0.2) is 0 Å². The highest BCUT2D eigenvalue weighted by Crippen LogP contribution is 2.15. The van der Waals surface area contributed by atoms with Crippen molar-refractivity contribution in [3.8, 4) is 6.07 Å². The van der Waals surface area contributed by atoms with Crippen molar-refractivity contribution in [2.24, 2.45) is 0 Å². The van der Waals surface area contributed by atoms with Gasteiger partial charge in [0.05, 0.1) is 11.6 Å². The van der Waals surface area contributed by atoms with Crippen molar-refractivity contribution in [3.05, 3.63) is 63.9 Å². The number of carbonyl (C=O) groups excluding carboxylic acids is 1. The lowest BCUT2D eigenvalue weighted by atomic mass is 10.1. The number of nitrogens with one attached hydrogen (secondary N) is 1. The Hall–Kier alpha value is -2.03. The molecule has 0 radical (unpaired) electrons. The Balaban J connectivity index is 1.65. The lowest BCUT2D eigenvalue weighted by Crippen LogP contribution is -2.23. The molecule has 0 aliphatic rings. The minimum Gasteiger partial charge on any atom is -0.352 e. The molecule has 0 spiro atoms. The maximum atomic E-state index is 11.6. The Morgan fingerprint density at radius 2 is 2.18 bits per heavy atom. The molecule has 2 aromatic rings. The topological polar surface area (TPSA) is 52.9 Å². The van der Waals surface area contributed by atoms with E-state index < -0.39 is 0 Å². The zero-order chi connectivity index (χ0) is 15.6. The van der Waals surface area contributed by atoms with Gasteiger partial charge < -0.3 is 5.32 Å². The molecule has 0 saturated carbocycles. The number of rotatable bonds is 7. The summed E-state index contributed by atoms with van der Waals surface area (Å²) in [4.78, 5) is 12.7. The van der Waals surface area contributed by atoms with Gasteiger partial charge in [-0.15, -0.1) is 11.3 Å². The third-order valence-corrected chi connectivity index (χ3v) is 4.73. The third-order valence-electron chi connectivity index (χ3n) is 2.88. The summed E-state index contributed by atoms with van der Waals surface area (Å²) >= 11 is 3.31. The highest BCUT2D eigenvalue weighted by molar-refractivity contribution is 7.98. The number of carbonyl (C=O) groups is 1.